The number of aliphatic hydroxyl groups is 1. The van der Waals surface area contributed by atoms with Gasteiger partial charge in [0.25, 0.3) is 23.6 Å². The Morgan fingerprint density at radius 3 is 1.98 bits per heavy atom. The lowest BCUT2D eigenvalue weighted by Gasteiger charge is -2.58. The van der Waals surface area contributed by atoms with Crippen LogP contribution < -0.4 is 10.6 Å². The van der Waals surface area contributed by atoms with Crippen LogP contribution in [-0.4, -0.2) is 100 Å². The number of aliphatic hydroxyl groups excluding tert-OH is 1. The van der Waals surface area contributed by atoms with Crippen LogP contribution in [-0.2, 0) is 30.0 Å². The first-order chi connectivity index (χ1) is 21.4. The predicted molar refractivity (Wildman–Crippen MR) is 174 cm³/mol. The zero-order chi connectivity index (χ0) is 31.3. The second kappa shape index (κ2) is 7.70. The maximum atomic E-state index is 14.6. The summed E-state index contributed by atoms with van der Waals surface area (Å²) in [4.78, 5) is 59.5. The Hall–Kier alpha value is -2.72. The standard InChI is InChI=1S/C30H28N6O5S4/c1-25-21(38)35-19-27(14-9-5-7-11-16(14)31-19,13-28(35,44-42-25)23(40)33(25)3)29-15-10-6-8-12-17(15)32-20(29)36-22(39)26(2)34(4)24(41)30(36,18(29)37)45-43-26/h5-12,18-20,31-32,37H,13H2,1-4H3/t18-,19+,20+,25-,26+,27?,28-,29+,30-/m0/s1. The molecule has 45 heavy (non-hydrogen) atoms. The average molecular weight is 681 g/mol. The van der Waals surface area contributed by atoms with Crippen LogP contribution in [0.1, 0.15) is 31.4 Å². The molecule has 2 aromatic rings. The number of fused-ring (bicyclic) bond motifs is 11. The highest BCUT2D eigenvalue weighted by molar-refractivity contribution is 8.78. The number of anilines is 2. The minimum absolute atomic E-state index is 0.165. The molecule has 10 aliphatic rings. The zero-order valence-corrected chi connectivity index (χ0v) is 27.8. The number of benzene rings is 2. The summed E-state index contributed by atoms with van der Waals surface area (Å²) in [5, 5.41) is 20.5. The van der Waals surface area contributed by atoms with Crippen LogP contribution in [0.4, 0.5) is 11.4 Å². The molecule has 9 atom stereocenters. The van der Waals surface area contributed by atoms with E-state index >= 15 is 0 Å². The SMILES string of the molecule is CN1C(=O)[C@@]23CC4([C@@]56c7ccccc7N[C@@H]5N5C(=O)[C@@]7(C)SS[C@]5(C(=O)N7C)[C@H]6O)c5ccccc5N[C@@H]4N2C(=O)[C@]1(C)SS3. The van der Waals surface area contributed by atoms with Gasteiger partial charge in [-0.25, -0.2) is 0 Å². The van der Waals surface area contributed by atoms with Crippen LogP contribution in [0.3, 0.4) is 0 Å². The Balaban J connectivity index is 1.33. The van der Waals surface area contributed by atoms with E-state index in [1.807, 2.05) is 48.5 Å². The molecule has 4 amide bonds. The van der Waals surface area contributed by atoms with Crippen LogP contribution in [0.5, 0.6) is 0 Å². The first-order valence-electron chi connectivity index (χ1n) is 14.8. The topological polar surface area (TPSA) is 126 Å². The first kappa shape index (κ1) is 27.4. The molecule has 11 nitrogen and oxygen atoms in total. The van der Waals surface area contributed by atoms with Gasteiger partial charge in [0.2, 0.25) is 4.87 Å². The molecule has 2 spiro atoms. The Kier molecular flexibility index (Phi) is 4.69. The van der Waals surface area contributed by atoms with Gasteiger partial charge >= 0.3 is 0 Å². The molecule has 10 heterocycles. The fourth-order valence-corrected chi connectivity index (χ4v) is 16.8. The molecule has 10 aliphatic heterocycles. The molecule has 0 aromatic heterocycles. The number of nitrogens with zero attached hydrogens (tertiary/aromatic N) is 4. The highest BCUT2D eigenvalue weighted by atomic mass is 33.1. The molecule has 2 aromatic carbocycles. The highest BCUT2D eigenvalue weighted by Crippen LogP contribution is 2.78. The number of hydrogen-bond acceptors (Lipinski definition) is 11. The molecule has 0 saturated carbocycles. The van der Waals surface area contributed by atoms with Gasteiger partial charge in [-0.1, -0.05) is 68.8 Å². The van der Waals surface area contributed by atoms with Crippen LogP contribution in [0.25, 0.3) is 0 Å². The Morgan fingerprint density at radius 1 is 0.711 bits per heavy atom. The van der Waals surface area contributed by atoms with Crippen molar-refractivity contribution < 1.29 is 24.3 Å². The molecule has 232 valence electrons. The third-order valence-corrected chi connectivity index (χ3v) is 19.4. The number of carbonyl (C=O) groups excluding carboxylic acids is 4. The number of para-hydroxylation sites is 2. The predicted octanol–water partition coefficient (Wildman–Crippen LogP) is 2.36. The van der Waals surface area contributed by atoms with Crippen LogP contribution in [0.15, 0.2) is 48.5 Å². The number of rotatable bonds is 1. The van der Waals surface area contributed by atoms with E-state index in [0.717, 1.165) is 22.5 Å². The van der Waals surface area contributed by atoms with Gasteiger partial charge in [-0.05, 0) is 47.9 Å². The number of piperazine rings is 2. The monoisotopic (exact) mass is 680 g/mol. The molecule has 0 radical (unpaired) electrons. The number of nitrogens with one attached hydrogen (secondary N) is 2. The smallest absolute Gasteiger partial charge is 0.264 e. The Labute approximate surface area is 274 Å². The summed E-state index contributed by atoms with van der Waals surface area (Å²) in [5.74, 6) is -0.935. The lowest BCUT2D eigenvalue weighted by molar-refractivity contribution is -0.166. The van der Waals surface area contributed by atoms with Crippen molar-refractivity contribution in [2.45, 2.75) is 69.0 Å². The van der Waals surface area contributed by atoms with E-state index in [9.17, 15) is 24.3 Å². The zero-order valence-electron chi connectivity index (χ0n) is 24.6. The number of likely N-dealkylation sites (N-methyl/N-ethyl adjacent to an activating group) is 2. The van der Waals surface area contributed by atoms with Crippen molar-refractivity contribution in [1.29, 1.82) is 0 Å². The third kappa shape index (κ3) is 2.36. The number of carbonyl (C=O) groups is 4. The van der Waals surface area contributed by atoms with Gasteiger partial charge in [0.05, 0.1) is 10.8 Å². The van der Waals surface area contributed by atoms with Crippen molar-refractivity contribution in [2.75, 3.05) is 24.7 Å². The van der Waals surface area contributed by atoms with Crippen LogP contribution >= 0.6 is 43.2 Å². The van der Waals surface area contributed by atoms with Crippen LogP contribution in [0, 0.1) is 0 Å². The molecule has 0 aliphatic carbocycles. The first-order valence-corrected chi connectivity index (χ1v) is 19.1. The van der Waals surface area contributed by atoms with E-state index in [2.05, 4.69) is 10.6 Å². The van der Waals surface area contributed by atoms with Crippen molar-refractivity contribution >= 4 is 78.2 Å². The number of hydrogen-bond donors (Lipinski definition) is 3. The van der Waals surface area contributed by atoms with Gasteiger partial charge < -0.3 is 25.5 Å². The number of amides is 4. The van der Waals surface area contributed by atoms with Crippen LogP contribution in [0.2, 0.25) is 0 Å². The summed E-state index contributed by atoms with van der Waals surface area (Å²) in [6.07, 6.45) is -2.82. The maximum absolute atomic E-state index is 14.6. The Morgan fingerprint density at radius 2 is 1.27 bits per heavy atom. The maximum Gasteiger partial charge on any atom is 0.264 e. The van der Waals surface area contributed by atoms with E-state index in [-0.39, 0.29) is 30.0 Å². The second-order valence-electron chi connectivity index (χ2n) is 13.5. The second-order valence-corrected chi connectivity index (χ2v) is 19.0. The third-order valence-electron chi connectivity index (χ3n) is 12.0. The summed E-state index contributed by atoms with van der Waals surface area (Å²) >= 11 is 0. The van der Waals surface area contributed by atoms with Gasteiger partial charge in [0.1, 0.15) is 18.4 Å². The van der Waals surface area contributed by atoms with Gasteiger partial charge in [-0.15, -0.1) is 0 Å². The molecule has 8 saturated heterocycles. The van der Waals surface area contributed by atoms with Crippen molar-refractivity contribution in [3.63, 3.8) is 0 Å². The summed E-state index contributed by atoms with van der Waals surface area (Å²) < 4.78 is 0. The minimum Gasteiger partial charge on any atom is -0.388 e. The largest absolute Gasteiger partial charge is 0.388 e. The van der Waals surface area contributed by atoms with E-state index in [1.54, 1.807) is 42.6 Å². The van der Waals surface area contributed by atoms with E-state index < -0.39 is 48.7 Å². The summed E-state index contributed by atoms with van der Waals surface area (Å²) in [6.45, 7) is 3.54. The molecule has 4 bridgehead atoms. The summed E-state index contributed by atoms with van der Waals surface area (Å²) in [7, 11) is 8.67. The Bertz CT molecular complexity index is 1860. The molecule has 12 rings (SSSR count). The summed E-state index contributed by atoms with van der Waals surface area (Å²) in [5.41, 5.74) is 0.681. The lowest BCUT2D eigenvalue weighted by Crippen LogP contribution is -2.77. The molecular weight excluding hydrogens is 653 g/mol. The molecule has 3 N–H and O–H groups in total. The lowest BCUT2D eigenvalue weighted by atomic mass is 9.53. The highest BCUT2D eigenvalue weighted by Gasteiger charge is 2.90. The van der Waals surface area contributed by atoms with Crippen molar-refractivity contribution in [3.8, 4) is 0 Å². The molecule has 8 fully saturated rings. The van der Waals surface area contributed by atoms with Crippen molar-refractivity contribution in [3.05, 3.63) is 59.7 Å². The minimum atomic E-state index is -1.63. The molecule has 1 unspecified atom stereocenters. The van der Waals surface area contributed by atoms with Gasteiger partial charge in [-0.2, -0.15) is 0 Å². The quantitative estimate of drug-likeness (QED) is 0.385. The molecular formula is C30H28N6O5S4. The van der Waals surface area contributed by atoms with Gasteiger partial charge in [-0.3, -0.25) is 29.0 Å². The fraction of sp³-hybridized carbons (Fsp3) is 0.467. The normalized spacial score (nSPS) is 46.1. The van der Waals surface area contributed by atoms with Crippen molar-refractivity contribution in [2.24, 2.45) is 0 Å². The van der Waals surface area contributed by atoms with E-state index in [1.165, 1.54) is 48.1 Å². The van der Waals surface area contributed by atoms with Gasteiger partial charge in [0, 0.05) is 31.9 Å². The fourth-order valence-electron chi connectivity index (χ4n) is 9.74. The average Bonchev–Trinajstić information content (AvgIpc) is 3.70. The summed E-state index contributed by atoms with van der Waals surface area (Å²) in [6, 6.07) is 15.5. The molecule has 15 heteroatoms. The van der Waals surface area contributed by atoms with E-state index in [0.29, 0.717) is 0 Å². The van der Waals surface area contributed by atoms with Gasteiger partial charge in [0.15, 0.2) is 14.6 Å². The van der Waals surface area contributed by atoms with Crippen molar-refractivity contribution in [1.82, 2.24) is 19.6 Å². The van der Waals surface area contributed by atoms with E-state index in [4.69, 9.17) is 0 Å².